The molecule has 0 amide bonds. The predicted molar refractivity (Wildman–Crippen MR) is 140 cm³/mol. The SMILES string of the molecule is COc1ncnc(C2CC2)c1-c1ncc2ccc(=O)n(C(C)c3ccc(-n4nc(C(F)(F)F)cc4C)cc3)c2n1. The lowest BCUT2D eigenvalue weighted by atomic mass is 10.1. The molecule has 1 aliphatic rings. The Labute approximate surface area is 226 Å². The van der Waals surface area contributed by atoms with Crippen molar-refractivity contribution in [1.82, 2.24) is 34.3 Å². The number of benzene rings is 1. The number of aryl methyl sites for hydroxylation is 1. The molecule has 40 heavy (non-hydrogen) atoms. The second-order valence-corrected chi connectivity index (χ2v) is 9.78. The van der Waals surface area contributed by atoms with Crippen LogP contribution >= 0.6 is 0 Å². The normalized spacial score (nSPS) is 14.4. The first kappa shape index (κ1) is 25.7. The Morgan fingerprint density at radius 3 is 2.45 bits per heavy atom. The van der Waals surface area contributed by atoms with Gasteiger partial charge in [0.05, 0.1) is 24.5 Å². The molecular formula is C28H24F3N7O2. The van der Waals surface area contributed by atoms with Crippen LogP contribution in [0.15, 0.2) is 59.8 Å². The van der Waals surface area contributed by atoms with E-state index in [4.69, 9.17) is 9.72 Å². The lowest BCUT2D eigenvalue weighted by molar-refractivity contribution is -0.141. The second-order valence-electron chi connectivity index (χ2n) is 9.78. The lowest BCUT2D eigenvalue weighted by Crippen LogP contribution is -2.24. The van der Waals surface area contributed by atoms with Crippen LogP contribution in [0.5, 0.6) is 5.88 Å². The largest absolute Gasteiger partial charge is 0.480 e. The Morgan fingerprint density at radius 1 is 1.05 bits per heavy atom. The number of hydrogen-bond donors (Lipinski definition) is 0. The summed E-state index contributed by atoms with van der Waals surface area (Å²) in [4.78, 5) is 31.3. The lowest BCUT2D eigenvalue weighted by Gasteiger charge is -2.19. The van der Waals surface area contributed by atoms with E-state index in [1.54, 1.807) is 48.0 Å². The minimum atomic E-state index is -4.53. The first-order chi connectivity index (χ1) is 19.2. The molecule has 9 nitrogen and oxygen atoms in total. The number of nitrogens with zero attached hydrogens (tertiary/aromatic N) is 7. The van der Waals surface area contributed by atoms with Gasteiger partial charge in [0.15, 0.2) is 11.5 Å². The second kappa shape index (κ2) is 9.54. The number of rotatable bonds is 6. The van der Waals surface area contributed by atoms with Crippen LogP contribution in [0.1, 0.15) is 54.4 Å². The summed E-state index contributed by atoms with van der Waals surface area (Å²) in [5.41, 5.74) is 2.24. The Balaban J connectivity index is 1.41. The fourth-order valence-corrected chi connectivity index (χ4v) is 4.86. The monoisotopic (exact) mass is 547 g/mol. The molecule has 5 aromatic rings. The van der Waals surface area contributed by atoms with Crippen molar-refractivity contribution in [3.05, 3.63) is 88.0 Å². The molecule has 1 atom stereocenters. The number of alkyl halides is 3. The molecule has 0 bridgehead atoms. The maximum atomic E-state index is 13.2. The van der Waals surface area contributed by atoms with Crippen molar-refractivity contribution in [3.63, 3.8) is 0 Å². The molecule has 0 aliphatic heterocycles. The number of methoxy groups -OCH3 is 1. The van der Waals surface area contributed by atoms with Crippen LogP contribution in [-0.4, -0.2) is 41.4 Å². The Morgan fingerprint density at radius 2 is 1.80 bits per heavy atom. The maximum Gasteiger partial charge on any atom is 0.435 e. The molecule has 1 aromatic carbocycles. The predicted octanol–water partition coefficient (Wildman–Crippen LogP) is 5.26. The van der Waals surface area contributed by atoms with E-state index >= 15 is 0 Å². The number of halogens is 3. The topological polar surface area (TPSA) is 101 Å². The van der Waals surface area contributed by atoms with Crippen molar-refractivity contribution in [3.8, 4) is 23.0 Å². The highest BCUT2D eigenvalue weighted by Gasteiger charge is 2.35. The van der Waals surface area contributed by atoms with Crippen molar-refractivity contribution in [1.29, 1.82) is 0 Å². The van der Waals surface area contributed by atoms with Gasteiger partial charge < -0.3 is 4.74 Å². The minimum Gasteiger partial charge on any atom is -0.480 e. The number of pyridine rings is 1. The van der Waals surface area contributed by atoms with E-state index < -0.39 is 17.9 Å². The van der Waals surface area contributed by atoms with E-state index in [2.05, 4.69) is 20.1 Å². The summed E-state index contributed by atoms with van der Waals surface area (Å²) in [7, 11) is 1.53. The van der Waals surface area contributed by atoms with E-state index in [9.17, 15) is 18.0 Å². The summed E-state index contributed by atoms with van der Waals surface area (Å²) in [5, 5.41) is 4.38. The van der Waals surface area contributed by atoms with Gasteiger partial charge >= 0.3 is 6.18 Å². The zero-order chi connectivity index (χ0) is 28.2. The molecule has 0 saturated heterocycles. The molecule has 4 heterocycles. The summed E-state index contributed by atoms with van der Waals surface area (Å²) in [6, 6.07) is 10.6. The number of ether oxygens (including phenoxy) is 1. The summed E-state index contributed by atoms with van der Waals surface area (Å²) in [5.74, 6) is 1.02. The van der Waals surface area contributed by atoms with Gasteiger partial charge in [-0.25, -0.2) is 24.6 Å². The summed E-state index contributed by atoms with van der Waals surface area (Å²) in [6.45, 7) is 3.42. The molecule has 1 aliphatic carbocycles. The Bertz CT molecular complexity index is 1790. The highest BCUT2D eigenvalue weighted by Crippen LogP contribution is 2.45. The standard InChI is InChI=1S/C28H24F3N7O2/c1-15-12-21(28(29,30)31)36-38(15)20-9-6-17(7-10-20)16(2)37-22(39)11-8-19-13-32-25(35-26(19)37)23-24(18-4-5-18)33-14-34-27(23)40-3/h6-14,16,18H,4-5H2,1-3H3. The van der Waals surface area contributed by atoms with E-state index in [0.29, 0.717) is 39.7 Å². The maximum absolute atomic E-state index is 13.2. The van der Waals surface area contributed by atoms with Gasteiger partial charge in [-0.3, -0.25) is 9.36 Å². The Kier molecular flexibility index (Phi) is 6.12. The fraction of sp³-hybridized carbons (Fsp3) is 0.286. The van der Waals surface area contributed by atoms with Crippen molar-refractivity contribution in [2.45, 2.75) is 44.8 Å². The molecular weight excluding hydrogens is 523 g/mol. The summed E-state index contributed by atoms with van der Waals surface area (Å²) >= 11 is 0. The van der Waals surface area contributed by atoms with E-state index in [0.717, 1.165) is 30.2 Å². The molecule has 1 unspecified atom stereocenters. The molecule has 204 valence electrons. The van der Waals surface area contributed by atoms with E-state index in [1.165, 1.54) is 24.2 Å². The average molecular weight is 548 g/mol. The smallest absolute Gasteiger partial charge is 0.435 e. The van der Waals surface area contributed by atoms with Gasteiger partial charge in [0.2, 0.25) is 5.88 Å². The molecule has 0 radical (unpaired) electrons. The third-order valence-corrected chi connectivity index (χ3v) is 7.08. The summed E-state index contributed by atoms with van der Waals surface area (Å²) in [6.07, 6.45) is 0.608. The number of fused-ring (bicyclic) bond motifs is 1. The molecule has 1 fully saturated rings. The minimum absolute atomic E-state index is 0.259. The molecule has 6 rings (SSSR count). The molecule has 0 spiro atoms. The van der Waals surface area contributed by atoms with Crippen LogP contribution in [0.4, 0.5) is 13.2 Å². The first-order valence-corrected chi connectivity index (χ1v) is 12.7. The van der Waals surface area contributed by atoms with Gasteiger partial charge in [0, 0.05) is 29.3 Å². The Hall–Kier alpha value is -4.61. The molecule has 1 saturated carbocycles. The zero-order valence-electron chi connectivity index (χ0n) is 21.8. The number of aromatic nitrogens is 7. The summed E-state index contributed by atoms with van der Waals surface area (Å²) < 4.78 is 47.7. The molecule has 0 N–H and O–H groups in total. The first-order valence-electron chi connectivity index (χ1n) is 12.7. The van der Waals surface area contributed by atoms with Gasteiger partial charge in [-0.15, -0.1) is 0 Å². The third kappa shape index (κ3) is 4.48. The van der Waals surface area contributed by atoms with Crippen LogP contribution in [0.2, 0.25) is 0 Å². The van der Waals surface area contributed by atoms with Crippen molar-refractivity contribution < 1.29 is 17.9 Å². The third-order valence-electron chi connectivity index (χ3n) is 7.08. The van der Waals surface area contributed by atoms with Crippen LogP contribution in [0.25, 0.3) is 28.1 Å². The van der Waals surface area contributed by atoms with Crippen LogP contribution in [0, 0.1) is 6.92 Å². The highest BCUT2D eigenvalue weighted by molar-refractivity contribution is 5.78. The van der Waals surface area contributed by atoms with Crippen LogP contribution < -0.4 is 10.3 Å². The van der Waals surface area contributed by atoms with Gasteiger partial charge in [0.1, 0.15) is 17.5 Å². The molecule has 12 heteroatoms. The average Bonchev–Trinajstić information content (AvgIpc) is 3.72. The van der Waals surface area contributed by atoms with Crippen molar-refractivity contribution in [2.24, 2.45) is 0 Å². The number of hydrogen-bond acceptors (Lipinski definition) is 7. The van der Waals surface area contributed by atoms with E-state index in [1.807, 2.05) is 6.92 Å². The fourth-order valence-electron chi connectivity index (χ4n) is 4.86. The van der Waals surface area contributed by atoms with Gasteiger partial charge in [-0.05, 0) is 56.5 Å². The van der Waals surface area contributed by atoms with Crippen molar-refractivity contribution >= 4 is 11.0 Å². The van der Waals surface area contributed by atoms with Gasteiger partial charge in [-0.2, -0.15) is 18.3 Å². The van der Waals surface area contributed by atoms with Gasteiger partial charge in [0.25, 0.3) is 5.56 Å². The highest BCUT2D eigenvalue weighted by atomic mass is 19.4. The zero-order valence-corrected chi connectivity index (χ0v) is 21.8. The van der Waals surface area contributed by atoms with Crippen molar-refractivity contribution in [2.75, 3.05) is 7.11 Å². The van der Waals surface area contributed by atoms with Crippen LogP contribution in [-0.2, 0) is 6.18 Å². The molecule has 4 aromatic heterocycles. The quantitative estimate of drug-likeness (QED) is 0.286. The van der Waals surface area contributed by atoms with Crippen LogP contribution in [0.3, 0.4) is 0 Å². The van der Waals surface area contributed by atoms with E-state index in [-0.39, 0.29) is 11.5 Å². The van der Waals surface area contributed by atoms with Gasteiger partial charge in [-0.1, -0.05) is 12.1 Å².